The number of ether oxygens (including phenoxy) is 1. The highest BCUT2D eigenvalue weighted by atomic mass is 16.5. The predicted octanol–water partition coefficient (Wildman–Crippen LogP) is 4.04. The largest absolute Gasteiger partial charge is 0.469 e. The molecule has 0 unspecified atom stereocenters. The van der Waals surface area contributed by atoms with Gasteiger partial charge in [0.1, 0.15) is 5.78 Å². The summed E-state index contributed by atoms with van der Waals surface area (Å²) >= 11 is 0. The van der Waals surface area contributed by atoms with Gasteiger partial charge in [0.25, 0.3) is 0 Å². The number of esters is 1. The third-order valence-electron chi connectivity index (χ3n) is 3.12. The van der Waals surface area contributed by atoms with Crippen LogP contribution in [0.4, 0.5) is 0 Å². The first-order valence-electron chi connectivity index (χ1n) is 7.29. The first-order valence-corrected chi connectivity index (χ1v) is 7.29. The molecule has 0 atom stereocenters. The molecule has 0 saturated heterocycles. The first kappa shape index (κ1) is 17.1. The van der Waals surface area contributed by atoms with E-state index in [0.717, 1.165) is 38.5 Å². The van der Waals surface area contributed by atoms with Crippen molar-refractivity contribution in [1.82, 2.24) is 0 Å². The first-order chi connectivity index (χ1) is 8.70. The Morgan fingerprint density at radius 1 is 0.778 bits per heavy atom. The Kier molecular flexibility index (Phi) is 12.0. The Labute approximate surface area is 111 Å². The molecular formula is C15H28O3. The molecule has 0 amide bonds. The Morgan fingerprint density at radius 3 is 1.78 bits per heavy atom. The van der Waals surface area contributed by atoms with Gasteiger partial charge in [-0.1, -0.05) is 39.0 Å². The van der Waals surface area contributed by atoms with Crippen LogP contribution in [-0.2, 0) is 14.3 Å². The van der Waals surface area contributed by atoms with Gasteiger partial charge < -0.3 is 4.74 Å². The molecule has 106 valence electrons. The summed E-state index contributed by atoms with van der Waals surface area (Å²) in [6.45, 7) is 2.18. The summed E-state index contributed by atoms with van der Waals surface area (Å²) < 4.78 is 4.57. The van der Waals surface area contributed by atoms with E-state index in [2.05, 4.69) is 11.7 Å². The molecule has 0 aliphatic rings. The minimum atomic E-state index is -0.137. The summed E-state index contributed by atoms with van der Waals surface area (Å²) in [4.78, 5) is 22.4. The summed E-state index contributed by atoms with van der Waals surface area (Å²) in [6.07, 6.45) is 10.5. The van der Waals surface area contributed by atoms with Crippen LogP contribution >= 0.6 is 0 Å². The maximum Gasteiger partial charge on any atom is 0.305 e. The number of methoxy groups -OCH3 is 1. The Bertz CT molecular complexity index is 224. The van der Waals surface area contributed by atoms with E-state index < -0.39 is 0 Å². The normalized spacial score (nSPS) is 10.3. The van der Waals surface area contributed by atoms with E-state index in [-0.39, 0.29) is 5.97 Å². The zero-order valence-corrected chi connectivity index (χ0v) is 12.0. The lowest BCUT2D eigenvalue weighted by molar-refractivity contribution is -0.140. The smallest absolute Gasteiger partial charge is 0.305 e. The summed E-state index contributed by atoms with van der Waals surface area (Å²) in [5.74, 6) is 0.265. The lowest BCUT2D eigenvalue weighted by Crippen LogP contribution is -2.00. The molecule has 0 aromatic carbocycles. The summed E-state index contributed by atoms with van der Waals surface area (Å²) in [5, 5.41) is 0. The predicted molar refractivity (Wildman–Crippen MR) is 73.5 cm³/mol. The SMILES string of the molecule is CCCCCCC(=O)CCCCCCC(=O)OC. The zero-order chi connectivity index (χ0) is 13.6. The van der Waals surface area contributed by atoms with E-state index >= 15 is 0 Å². The number of ketones is 1. The Morgan fingerprint density at radius 2 is 1.28 bits per heavy atom. The van der Waals surface area contributed by atoms with E-state index in [9.17, 15) is 9.59 Å². The van der Waals surface area contributed by atoms with Crippen LogP contribution in [0.15, 0.2) is 0 Å². The van der Waals surface area contributed by atoms with Crippen LogP contribution in [0.2, 0.25) is 0 Å². The second kappa shape index (κ2) is 12.6. The molecule has 0 N–H and O–H groups in total. The second-order valence-corrected chi connectivity index (χ2v) is 4.84. The lowest BCUT2D eigenvalue weighted by Gasteiger charge is -2.02. The van der Waals surface area contributed by atoms with Gasteiger partial charge in [0.05, 0.1) is 7.11 Å². The molecule has 0 aliphatic carbocycles. The fourth-order valence-electron chi connectivity index (χ4n) is 1.92. The third-order valence-corrected chi connectivity index (χ3v) is 3.12. The quantitative estimate of drug-likeness (QED) is 0.391. The maximum atomic E-state index is 11.5. The molecule has 0 aromatic rings. The monoisotopic (exact) mass is 256 g/mol. The molecule has 3 nitrogen and oxygen atoms in total. The molecular weight excluding hydrogens is 228 g/mol. The summed E-state index contributed by atoms with van der Waals surface area (Å²) in [6, 6.07) is 0. The number of hydrogen-bond donors (Lipinski definition) is 0. The molecule has 0 aliphatic heterocycles. The fraction of sp³-hybridized carbons (Fsp3) is 0.867. The minimum Gasteiger partial charge on any atom is -0.469 e. The number of carbonyl (C=O) groups is 2. The minimum absolute atomic E-state index is 0.137. The zero-order valence-electron chi connectivity index (χ0n) is 12.0. The van der Waals surface area contributed by atoms with Gasteiger partial charge in [-0.25, -0.2) is 0 Å². The van der Waals surface area contributed by atoms with Gasteiger partial charge in [0.15, 0.2) is 0 Å². The fourth-order valence-corrected chi connectivity index (χ4v) is 1.92. The van der Waals surface area contributed by atoms with Gasteiger partial charge in [-0.2, -0.15) is 0 Å². The maximum absolute atomic E-state index is 11.5. The molecule has 0 aromatic heterocycles. The van der Waals surface area contributed by atoms with Crippen molar-refractivity contribution in [3.63, 3.8) is 0 Å². The lowest BCUT2D eigenvalue weighted by atomic mass is 10.0. The van der Waals surface area contributed by atoms with Crippen LogP contribution < -0.4 is 0 Å². The van der Waals surface area contributed by atoms with Gasteiger partial charge in [0, 0.05) is 19.3 Å². The topological polar surface area (TPSA) is 43.4 Å². The van der Waals surface area contributed by atoms with Crippen LogP contribution in [0, 0.1) is 0 Å². The van der Waals surface area contributed by atoms with Gasteiger partial charge in [-0.15, -0.1) is 0 Å². The number of carbonyl (C=O) groups excluding carboxylic acids is 2. The van der Waals surface area contributed by atoms with Crippen molar-refractivity contribution in [2.45, 2.75) is 77.6 Å². The van der Waals surface area contributed by atoms with Crippen molar-refractivity contribution in [2.75, 3.05) is 7.11 Å². The van der Waals surface area contributed by atoms with Crippen LogP contribution in [0.1, 0.15) is 77.6 Å². The molecule has 3 heteroatoms. The number of unbranched alkanes of at least 4 members (excludes halogenated alkanes) is 6. The van der Waals surface area contributed by atoms with Crippen molar-refractivity contribution in [3.05, 3.63) is 0 Å². The Balaban J connectivity index is 3.22. The average Bonchev–Trinajstić information content (AvgIpc) is 2.38. The number of hydrogen-bond acceptors (Lipinski definition) is 3. The molecule has 0 fully saturated rings. The van der Waals surface area contributed by atoms with Gasteiger partial charge in [-0.3, -0.25) is 9.59 Å². The summed E-state index contributed by atoms with van der Waals surface area (Å²) in [5.41, 5.74) is 0. The van der Waals surface area contributed by atoms with Crippen molar-refractivity contribution >= 4 is 11.8 Å². The van der Waals surface area contributed by atoms with Crippen molar-refractivity contribution < 1.29 is 14.3 Å². The standard InChI is InChI=1S/C15H28O3/c1-3-4-5-8-11-14(16)12-9-6-7-10-13-15(17)18-2/h3-13H2,1-2H3. The van der Waals surface area contributed by atoms with Crippen LogP contribution in [0.5, 0.6) is 0 Å². The molecule has 0 saturated carbocycles. The number of rotatable bonds is 12. The Hall–Kier alpha value is -0.860. The van der Waals surface area contributed by atoms with Gasteiger partial charge in [0.2, 0.25) is 0 Å². The highest BCUT2D eigenvalue weighted by Crippen LogP contribution is 2.09. The summed E-state index contributed by atoms with van der Waals surface area (Å²) in [7, 11) is 1.42. The molecule has 18 heavy (non-hydrogen) atoms. The van der Waals surface area contributed by atoms with Crippen molar-refractivity contribution in [2.24, 2.45) is 0 Å². The van der Waals surface area contributed by atoms with E-state index in [1.54, 1.807) is 0 Å². The third kappa shape index (κ3) is 11.6. The second-order valence-electron chi connectivity index (χ2n) is 4.84. The van der Waals surface area contributed by atoms with E-state index in [4.69, 9.17) is 0 Å². The van der Waals surface area contributed by atoms with E-state index in [1.165, 1.54) is 26.4 Å². The molecule has 0 heterocycles. The number of Topliss-reactive ketones (excluding diaryl/α,β-unsaturated/α-hetero) is 1. The van der Waals surface area contributed by atoms with Crippen molar-refractivity contribution in [1.29, 1.82) is 0 Å². The van der Waals surface area contributed by atoms with Crippen LogP contribution in [-0.4, -0.2) is 18.9 Å². The molecule has 0 rings (SSSR count). The van der Waals surface area contributed by atoms with E-state index in [0.29, 0.717) is 18.6 Å². The van der Waals surface area contributed by atoms with Crippen LogP contribution in [0.3, 0.4) is 0 Å². The highest BCUT2D eigenvalue weighted by Gasteiger charge is 2.02. The highest BCUT2D eigenvalue weighted by molar-refractivity contribution is 5.78. The van der Waals surface area contributed by atoms with Gasteiger partial charge in [-0.05, 0) is 19.3 Å². The molecule has 0 bridgehead atoms. The average molecular weight is 256 g/mol. The molecule has 0 radical (unpaired) electrons. The molecule has 0 spiro atoms. The van der Waals surface area contributed by atoms with Gasteiger partial charge >= 0.3 is 5.97 Å². The van der Waals surface area contributed by atoms with Crippen LogP contribution in [0.25, 0.3) is 0 Å². The van der Waals surface area contributed by atoms with Crippen molar-refractivity contribution in [3.8, 4) is 0 Å². The van der Waals surface area contributed by atoms with E-state index in [1.807, 2.05) is 0 Å².